The second kappa shape index (κ2) is 5.35. The average molecular weight is 274 g/mol. The Hall–Kier alpha value is -1.02. The molecule has 2 rings (SSSR count). The normalized spacial score (nSPS) is 9.56. The smallest absolute Gasteiger partial charge is 0.540 e. The molecule has 0 saturated carbocycles. The first-order valence-electron chi connectivity index (χ1n) is 4.10. The molecule has 0 fully saturated rings. The van der Waals surface area contributed by atoms with Crippen LogP contribution < -0.4 is 24.0 Å². The van der Waals surface area contributed by atoms with E-state index in [0.717, 1.165) is 10.0 Å². The van der Waals surface area contributed by atoms with Crippen molar-refractivity contribution in [1.29, 1.82) is 0 Å². The summed E-state index contributed by atoms with van der Waals surface area (Å²) in [6.45, 7) is 0. The number of carboxylic acids is 1. The Morgan fingerprint density at radius 2 is 2.19 bits per heavy atom. The van der Waals surface area contributed by atoms with Crippen LogP contribution in [0.25, 0.3) is 11.3 Å². The molecule has 0 bridgehead atoms. The van der Waals surface area contributed by atoms with E-state index < -0.39 is 11.9 Å². The van der Waals surface area contributed by atoms with Crippen LogP contribution in [-0.2, 0) is 0 Å². The van der Waals surface area contributed by atoms with Gasteiger partial charge in [0.1, 0.15) is 5.97 Å². The molecule has 6 heteroatoms. The minimum absolute atomic E-state index is 0. The third-order valence-corrected chi connectivity index (χ3v) is 2.28. The number of hydrogen-bond donors (Lipinski definition) is 0. The Balaban J connectivity index is 0.00000128. The van der Waals surface area contributed by atoms with Crippen LogP contribution in [0.3, 0.4) is 0 Å². The summed E-state index contributed by atoms with van der Waals surface area (Å²) in [6.07, 6.45) is 1.35. The number of hydrogen-bond acceptors (Lipinski definition) is 4. The fourth-order valence-corrected chi connectivity index (χ4v) is 1.54. The van der Waals surface area contributed by atoms with E-state index in [9.17, 15) is 9.90 Å². The molecule has 2 aromatic rings. The van der Waals surface area contributed by atoms with E-state index in [1.54, 1.807) is 12.1 Å². The zero-order valence-corrected chi connectivity index (χ0v) is 10.0. The predicted octanol–water partition coefficient (Wildman–Crippen LogP) is -1.53. The first kappa shape index (κ1) is 13.0. The third-order valence-electron chi connectivity index (χ3n) is 1.79. The molecule has 0 aliphatic carbocycles. The van der Waals surface area contributed by atoms with E-state index >= 15 is 0 Å². The molecule has 0 radical (unpaired) electrons. The fourth-order valence-electron chi connectivity index (χ4n) is 1.14. The Bertz CT molecular complexity index is 512. The molecule has 0 spiro atoms. The summed E-state index contributed by atoms with van der Waals surface area (Å²) in [6, 6.07) is 7.28. The van der Waals surface area contributed by atoms with Crippen molar-refractivity contribution in [3.63, 3.8) is 0 Å². The van der Waals surface area contributed by atoms with Gasteiger partial charge in [0, 0.05) is 10.0 Å². The molecule has 1 heterocycles. The zero-order valence-electron chi connectivity index (χ0n) is 8.44. The van der Waals surface area contributed by atoms with E-state index in [1.807, 2.05) is 12.1 Å². The molecule has 0 saturated heterocycles. The van der Waals surface area contributed by atoms with Gasteiger partial charge in [-0.3, -0.25) is 0 Å². The van der Waals surface area contributed by atoms with Crippen LogP contribution in [-0.4, -0.2) is 11.0 Å². The number of carbonyl (C=O) groups is 1. The number of nitrogens with zero attached hydrogens (tertiary/aromatic N) is 1. The molecule has 0 unspecified atom stereocenters. The number of carboxylic acid groups (broad SMARTS) is 1. The number of oxazole rings is 1. The van der Waals surface area contributed by atoms with Crippen molar-refractivity contribution in [3.05, 3.63) is 40.8 Å². The van der Waals surface area contributed by atoms with Gasteiger partial charge in [0.05, 0.1) is 6.20 Å². The van der Waals surface area contributed by atoms with Gasteiger partial charge in [0.25, 0.3) is 0 Å². The summed E-state index contributed by atoms with van der Waals surface area (Å²) in [5.41, 5.74) is 0.754. The minimum Gasteiger partial charge on any atom is -0.540 e. The van der Waals surface area contributed by atoms with Crippen LogP contribution in [0, 0.1) is 0 Å². The van der Waals surface area contributed by atoms with E-state index in [2.05, 4.69) is 20.9 Å². The quantitative estimate of drug-likeness (QED) is 0.623. The van der Waals surface area contributed by atoms with Gasteiger partial charge in [-0.25, -0.2) is 4.98 Å². The van der Waals surface area contributed by atoms with Crippen LogP contribution in [0.4, 0.5) is 0 Å². The summed E-state index contributed by atoms with van der Waals surface area (Å²) in [5, 5.41) is 10.4. The Morgan fingerprint density at radius 1 is 1.44 bits per heavy atom. The van der Waals surface area contributed by atoms with Crippen molar-refractivity contribution in [2.24, 2.45) is 0 Å². The van der Waals surface area contributed by atoms with Crippen LogP contribution in [0.15, 0.2) is 39.4 Å². The van der Waals surface area contributed by atoms with Gasteiger partial charge in [-0.1, -0.05) is 28.1 Å². The molecule has 0 N–H and O–H groups in total. The van der Waals surface area contributed by atoms with Gasteiger partial charge in [-0.05, 0) is 12.1 Å². The monoisotopic (exact) mass is 273 g/mol. The molecular weight excluding hydrogens is 269 g/mol. The number of aromatic nitrogens is 1. The van der Waals surface area contributed by atoms with Gasteiger partial charge >= 0.3 is 18.9 Å². The topological polar surface area (TPSA) is 66.2 Å². The first-order chi connectivity index (χ1) is 7.16. The molecular formula is C10H5BrLiNO3. The summed E-state index contributed by atoms with van der Waals surface area (Å²) < 4.78 is 5.87. The van der Waals surface area contributed by atoms with Crippen molar-refractivity contribution in [3.8, 4) is 11.3 Å². The minimum atomic E-state index is -1.42. The molecule has 0 aliphatic rings. The second-order valence-corrected chi connectivity index (χ2v) is 3.74. The number of aromatic carboxylic acids is 1. The van der Waals surface area contributed by atoms with Crippen molar-refractivity contribution in [2.45, 2.75) is 0 Å². The Morgan fingerprint density at radius 3 is 2.75 bits per heavy atom. The number of halogens is 1. The molecule has 4 nitrogen and oxygen atoms in total. The molecule has 76 valence electrons. The standard InChI is InChI=1S/C10H6BrNO3.Li/c11-7-3-1-2-6(4-7)8-5-12-9(15-8)10(13)14;/h1-5H,(H,13,14);/q;+1/p-1. The Labute approximate surface area is 112 Å². The maximum absolute atomic E-state index is 10.4. The van der Waals surface area contributed by atoms with Gasteiger partial charge < -0.3 is 14.3 Å². The summed E-state index contributed by atoms with van der Waals surface area (Å²) in [5.74, 6) is -1.43. The van der Waals surface area contributed by atoms with Crippen molar-refractivity contribution < 1.29 is 33.2 Å². The largest absolute Gasteiger partial charge is 1.00 e. The van der Waals surface area contributed by atoms with E-state index in [-0.39, 0.29) is 18.9 Å². The maximum atomic E-state index is 10.4. The van der Waals surface area contributed by atoms with Crippen LogP contribution >= 0.6 is 15.9 Å². The molecule has 16 heavy (non-hydrogen) atoms. The fraction of sp³-hybridized carbons (Fsp3) is 0. The van der Waals surface area contributed by atoms with Gasteiger partial charge in [0.15, 0.2) is 5.76 Å². The summed E-state index contributed by atoms with van der Waals surface area (Å²) >= 11 is 3.30. The average Bonchev–Trinajstić information content (AvgIpc) is 2.66. The van der Waals surface area contributed by atoms with Crippen LogP contribution in [0.1, 0.15) is 10.7 Å². The van der Waals surface area contributed by atoms with Crippen molar-refractivity contribution >= 4 is 21.9 Å². The molecule has 0 aliphatic heterocycles. The van der Waals surface area contributed by atoms with E-state index in [1.165, 1.54) is 6.20 Å². The molecule has 0 amide bonds. The van der Waals surface area contributed by atoms with Crippen molar-refractivity contribution in [1.82, 2.24) is 4.98 Å². The Kier molecular flexibility index (Phi) is 4.36. The molecule has 1 aromatic carbocycles. The molecule has 0 atom stereocenters. The number of carbonyl (C=O) groups excluding carboxylic acids is 1. The predicted molar refractivity (Wildman–Crippen MR) is 54.0 cm³/mol. The van der Waals surface area contributed by atoms with Crippen LogP contribution in [0.2, 0.25) is 0 Å². The number of rotatable bonds is 2. The summed E-state index contributed by atoms with van der Waals surface area (Å²) in [4.78, 5) is 14.0. The van der Waals surface area contributed by atoms with Crippen LogP contribution in [0.5, 0.6) is 0 Å². The SMILES string of the molecule is O=C([O-])c1ncc(-c2cccc(Br)c2)o1.[Li+]. The van der Waals surface area contributed by atoms with Crippen molar-refractivity contribution in [2.75, 3.05) is 0 Å². The van der Waals surface area contributed by atoms with E-state index in [4.69, 9.17) is 4.42 Å². The molecule has 1 aromatic heterocycles. The maximum Gasteiger partial charge on any atom is 1.00 e. The summed E-state index contributed by atoms with van der Waals surface area (Å²) in [7, 11) is 0. The first-order valence-corrected chi connectivity index (χ1v) is 4.89. The van der Waals surface area contributed by atoms with Gasteiger partial charge in [-0.15, -0.1) is 0 Å². The second-order valence-electron chi connectivity index (χ2n) is 2.83. The zero-order chi connectivity index (χ0) is 10.8. The van der Waals surface area contributed by atoms with Gasteiger partial charge in [0.2, 0.25) is 5.89 Å². The van der Waals surface area contributed by atoms with Gasteiger partial charge in [-0.2, -0.15) is 0 Å². The number of benzene rings is 1. The van der Waals surface area contributed by atoms with E-state index in [0.29, 0.717) is 5.76 Å². The third kappa shape index (κ3) is 2.76.